The molecule has 0 aliphatic rings. The van der Waals surface area contributed by atoms with Crippen molar-refractivity contribution in [1.29, 1.82) is 0 Å². The molecule has 0 spiro atoms. The number of H-pyrrole nitrogens is 2. The number of hydrogen-bond acceptors (Lipinski definition) is 5. The normalized spacial score (nSPS) is 11.2. The number of carbonyl (C=O) groups is 1. The third kappa shape index (κ3) is 4.19. The number of rotatable bonds is 5. The largest absolute Gasteiger partial charge is 0.353 e. The molecule has 7 aromatic rings. The third-order valence-electron chi connectivity index (χ3n) is 6.64. The van der Waals surface area contributed by atoms with Gasteiger partial charge in [0.05, 0.1) is 23.3 Å². The van der Waals surface area contributed by atoms with Gasteiger partial charge in [0.25, 0.3) is 5.91 Å². The predicted molar refractivity (Wildman–Crippen MR) is 152 cm³/mol. The molecule has 0 aliphatic heterocycles. The van der Waals surface area contributed by atoms with E-state index in [1.165, 1.54) is 0 Å². The first kappa shape index (κ1) is 22.6. The summed E-state index contributed by atoms with van der Waals surface area (Å²) in [6, 6.07) is 27.1. The number of anilines is 1. The molecule has 39 heavy (non-hydrogen) atoms. The Morgan fingerprint density at radius 1 is 0.769 bits per heavy atom. The van der Waals surface area contributed by atoms with Gasteiger partial charge in [0.1, 0.15) is 5.69 Å². The highest BCUT2D eigenvalue weighted by Gasteiger charge is 2.16. The SMILES string of the molecule is O=C(Nc1cncc(-c2cnc3[nH]nc(-c4cc5c(-c6ccccn6)cccc5[nH]4)c3c2)c1)c1ccccc1. The first-order valence-corrected chi connectivity index (χ1v) is 12.4. The summed E-state index contributed by atoms with van der Waals surface area (Å²) in [5.41, 5.74) is 8.16. The Kier molecular flexibility index (Phi) is 5.41. The van der Waals surface area contributed by atoms with Crippen LogP contribution in [0.5, 0.6) is 0 Å². The van der Waals surface area contributed by atoms with Crippen molar-refractivity contribution in [2.45, 2.75) is 0 Å². The van der Waals surface area contributed by atoms with E-state index >= 15 is 0 Å². The maximum Gasteiger partial charge on any atom is 0.255 e. The van der Waals surface area contributed by atoms with Gasteiger partial charge in [-0.05, 0) is 48.5 Å². The smallest absolute Gasteiger partial charge is 0.255 e. The molecule has 2 aromatic carbocycles. The van der Waals surface area contributed by atoms with Gasteiger partial charge in [0, 0.05) is 57.1 Å². The number of amides is 1. The van der Waals surface area contributed by atoms with E-state index < -0.39 is 0 Å². The molecule has 0 atom stereocenters. The van der Waals surface area contributed by atoms with E-state index in [1.807, 2.05) is 60.7 Å². The molecule has 8 nitrogen and oxygen atoms in total. The summed E-state index contributed by atoms with van der Waals surface area (Å²) in [4.78, 5) is 29.6. The minimum absolute atomic E-state index is 0.191. The zero-order valence-electron chi connectivity index (χ0n) is 20.6. The Bertz CT molecular complexity index is 1960. The molecular weight excluding hydrogens is 486 g/mol. The lowest BCUT2D eigenvalue weighted by Crippen LogP contribution is -2.11. The monoisotopic (exact) mass is 507 g/mol. The van der Waals surface area contributed by atoms with Crippen LogP contribution in [0.3, 0.4) is 0 Å². The van der Waals surface area contributed by atoms with Crippen molar-refractivity contribution in [1.82, 2.24) is 30.1 Å². The van der Waals surface area contributed by atoms with Gasteiger partial charge in [-0.25, -0.2) is 4.98 Å². The van der Waals surface area contributed by atoms with Crippen molar-refractivity contribution < 1.29 is 4.79 Å². The van der Waals surface area contributed by atoms with Crippen LogP contribution in [0.4, 0.5) is 5.69 Å². The highest BCUT2D eigenvalue weighted by Crippen LogP contribution is 2.34. The van der Waals surface area contributed by atoms with Crippen molar-refractivity contribution in [3.8, 4) is 33.8 Å². The zero-order valence-corrected chi connectivity index (χ0v) is 20.6. The second kappa shape index (κ2) is 9.35. The third-order valence-corrected chi connectivity index (χ3v) is 6.64. The zero-order chi connectivity index (χ0) is 26.2. The van der Waals surface area contributed by atoms with Crippen LogP contribution in [0.1, 0.15) is 10.4 Å². The summed E-state index contributed by atoms with van der Waals surface area (Å²) in [7, 11) is 0. The fourth-order valence-corrected chi connectivity index (χ4v) is 4.75. The number of nitrogens with zero attached hydrogens (tertiary/aromatic N) is 4. The number of aromatic nitrogens is 6. The molecule has 8 heteroatoms. The lowest BCUT2D eigenvalue weighted by atomic mass is 10.1. The minimum atomic E-state index is -0.191. The molecule has 1 amide bonds. The lowest BCUT2D eigenvalue weighted by Gasteiger charge is -2.07. The van der Waals surface area contributed by atoms with Gasteiger partial charge in [-0.15, -0.1) is 0 Å². The minimum Gasteiger partial charge on any atom is -0.353 e. The van der Waals surface area contributed by atoms with Crippen LogP contribution < -0.4 is 5.32 Å². The fourth-order valence-electron chi connectivity index (χ4n) is 4.75. The Morgan fingerprint density at radius 2 is 1.64 bits per heavy atom. The van der Waals surface area contributed by atoms with Crippen LogP contribution in [0.25, 0.3) is 55.7 Å². The molecule has 0 aliphatic carbocycles. The van der Waals surface area contributed by atoms with Crippen molar-refractivity contribution in [2.24, 2.45) is 0 Å². The topological polar surface area (TPSA) is 112 Å². The second-order valence-electron chi connectivity index (χ2n) is 9.14. The molecule has 5 aromatic heterocycles. The van der Waals surface area contributed by atoms with Gasteiger partial charge in [-0.1, -0.05) is 36.4 Å². The molecule has 186 valence electrons. The molecule has 0 unspecified atom stereocenters. The lowest BCUT2D eigenvalue weighted by molar-refractivity contribution is 0.102. The Labute approximate surface area is 222 Å². The molecule has 0 saturated carbocycles. The number of fused-ring (bicyclic) bond motifs is 2. The van der Waals surface area contributed by atoms with Gasteiger partial charge >= 0.3 is 0 Å². The second-order valence-corrected chi connectivity index (χ2v) is 9.14. The molecule has 3 N–H and O–H groups in total. The van der Waals surface area contributed by atoms with Crippen molar-refractivity contribution in [2.75, 3.05) is 5.32 Å². The summed E-state index contributed by atoms with van der Waals surface area (Å²) in [5, 5.41) is 12.5. The first-order chi connectivity index (χ1) is 19.2. The van der Waals surface area contributed by atoms with Gasteiger partial charge in [0.15, 0.2) is 5.65 Å². The summed E-state index contributed by atoms with van der Waals surface area (Å²) in [6.07, 6.45) is 6.95. The fraction of sp³-hybridized carbons (Fsp3) is 0. The number of pyridine rings is 3. The van der Waals surface area contributed by atoms with Crippen LogP contribution in [0.15, 0.2) is 110 Å². The Hall–Kier alpha value is -5.63. The molecule has 0 radical (unpaired) electrons. The van der Waals surface area contributed by atoms with E-state index in [9.17, 15) is 4.79 Å². The predicted octanol–water partition coefficient (Wildman–Crippen LogP) is 6.48. The molecule has 0 saturated heterocycles. The highest BCUT2D eigenvalue weighted by molar-refractivity contribution is 6.04. The maximum atomic E-state index is 12.6. The molecule has 5 heterocycles. The number of benzene rings is 2. The number of carbonyl (C=O) groups excluding carboxylic acids is 1. The average Bonchev–Trinajstić information content (AvgIpc) is 3.62. The van der Waals surface area contributed by atoms with Gasteiger partial charge in [0.2, 0.25) is 0 Å². The number of aromatic amines is 2. The highest BCUT2D eigenvalue weighted by atomic mass is 16.1. The van der Waals surface area contributed by atoms with Crippen molar-refractivity contribution >= 4 is 33.5 Å². The van der Waals surface area contributed by atoms with Crippen LogP contribution in [-0.2, 0) is 0 Å². The van der Waals surface area contributed by atoms with E-state index in [-0.39, 0.29) is 5.91 Å². The standard InChI is InChI=1S/C31H21N7O/c39-31(19-7-2-1-3-8-19)35-22-13-20(16-32-18-22)21-14-25-29(37-38-30(25)34-17-21)28-15-24-23(9-6-11-27(24)36-28)26-10-4-5-12-33-26/h1-18,36H,(H,35,39)(H,34,37,38). The summed E-state index contributed by atoms with van der Waals surface area (Å²) < 4.78 is 0. The van der Waals surface area contributed by atoms with E-state index in [0.29, 0.717) is 16.9 Å². The summed E-state index contributed by atoms with van der Waals surface area (Å²) >= 11 is 0. The number of hydrogen-bond donors (Lipinski definition) is 3. The van der Waals surface area contributed by atoms with E-state index in [0.717, 1.165) is 50.1 Å². The van der Waals surface area contributed by atoms with Crippen molar-refractivity contribution in [3.63, 3.8) is 0 Å². The average molecular weight is 508 g/mol. The molecule has 0 bridgehead atoms. The van der Waals surface area contributed by atoms with E-state index in [4.69, 9.17) is 0 Å². The summed E-state index contributed by atoms with van der Waals surface area (Å²) in [6.45, 7) is 0. The Morgan fingerprint density at radius 3 is 2.51 bits per heavy atom. The first-order valence-electron chi connectivity index (χ1n) is 12.4. The van der Waals surface area contributed by atoms with Crippen LogP contribution in [0, 0.1) is 0 Å². The Balaban J connectivity index is 1.25. The summed E-state index contributed by atoms with van der Waals surface area (Å²) in [5.74, 6) is -0.191. The van der Waals surface area contributed by atoms with Crippen molar-refractivity contribution in [3.05, 3.63) is 115 Å². The van der Waals surface area contributed by atoms with Gasteiger partial charge in [-0.3, -0.25) is 19.9 Å². The van der Waals surface area contributed by atoms with Crippen LogP contribution in [-0.4, -0.2) is 36.0 Å². The van der Waals surface area contributed by atoms with Crippen LogP contribution in [0.2, 0.25) is 0 Å². The number of nitrogens with one attached hydrogen (secondary N) is 3. The van der Waals surface area contributed by atoms with Crippen LogP contribution >= 0.6 is 0 Å². The van der Waals surface area contributed by atoms with E-state index in [1.54, 1.807) is 36.9 Å². The molecular formula is C31H21N7O. The molecule has 7 rings (SSSR count). The molecule has 0 fully saturated rings. The van der Waals surface area contributed by atoms with Gasteiger partial charge in [-0.2, -0.15) is 5.10 Å². The van der Waals surface area contributed by atoms with Gasteiger partial charge < -0.3 is 10.3 Å². The quantitative estimate of drug-likeness (QED) is 0.247. The maximum absolute atomic E-state index is 12.6. The van der Waals surface area contributed by atoms with E-state index in [2.05, 4.69) is 47.6 Å².